The van der Waals surface area contributed by atoms with Crippen LogP contribution in [0, 0.1) is 0 Å². The first-order valence-electron chi connectivity index (χ1n) is 8.07. The van der Waals surface area contributed by atoms with E-state index in [9.17, 15) is 4.79 Å². The van der Waals surface area contributed by atoms with E-state index in [-0.39, 0.29) is 17.9 Å². The minimum atomic E-state index is -0.260. The van der Waals surface area contributed by atoms with Gasteiger partial charge in [0, 0.05) is 30.0 Å². The second-order valence-corrected chi connectivity index (χ2v) is 6.31. The van der Waals surface area contributed by atoms with Gasteiger partial charge in [-0.3, -0.25) is 4.79 Å². The summed E-state index contributed by atoms with van der Waals surface area (Å²) in [6.07, 6.45) is 2.34. The number of rotatable bonds is 5. The third-order valence-corrected chi connectivity index (χ3v) is 4.07. The molecule has 0 unspecified atom stereocenters. The van der Waals surface area contributed by atoms with Gasteiger partial charge in [-0.05, 0) is 19.1 Å². The van der Waals surface area contributed by atoms with E-state index in [2.05, 4.69) is 10.3 Å². The molecular formula is C18H22N2O4. The molecule has 0 spiro atoms. The lowest BCUT2D eigenvalue weighted by atomic mass is 10.1. The highest BCUT2D eigenvalue weighted by Gasteiger charge is 2.23. The van der Waals surface area contributed by atoms with E-state index >= 15 is 0 Å². The number of nitrogens with zero attached hydrogens (tertiary/aromatic N) is 1. The molecule has 6 heteroatoms. The average molecular weight is 330 g/mol. The summed E-state index contributed by atoms with van der Waals surface area (Å²) in [5.74, 6) is 2.03. The van der Waals surface area contributed by atoms with Crippen molar-refractivity contribution in [3.8, 4) is 11.5 Å². The second-order valence-electron chi connectivity index (χ2n) is 6.31. The lowest BCUT2D eigenvalue weighted by Crippen LogP contribution is -2.24. The minimum Gasteiger partial charge on any atom is -0.496 e. The van der Waals surface area contributed by atoms with Gasteiger partial charge in [-0.15, -0.1) is 0 Å². The van der Waals surface area contributed by atoms with Crippen LogP contribution in [0.2, 0.25) is 0 Å². The molecule has 0 bridgehead atoms. The molecule has 128 valence electrons. The number of amides is 1. The van der Waals surface area contributed by atoms with Gasteiger partial charge in [-0.25, -0.2) is 4.98 Å². The first kappa shape index (κ1) is 16.4. The molecule has 2 aromatic rings. The lowest BCUT2D eigenvalue weighted by molar-refractivity contribution is 0.0943. The molecule has 1 aromatic carbocycles. The molecule has 2 heterocycles. The number of methoxy groups -OCH3 is 1. The van der Waals surface area contributed by atoms with E-state index in [1.807, 2.05) is 32.9 Å². The summed E-state index contributed by atoms with van der Waals surface area (Å²) in [6, 6.07) is 3.92. The average Bonchev–Trinajstić information content (AvgIpc) is 3.16. The molecule has 0 aliphatic carbocycles. The van der Waals surface area contributed by atoms with Crippen LogP contribution in [-0.2, 0) is 13.0 Å². The van der Waals surface area contributed by atoms with E-state index in [0.717, 1.165) is 29.0 Å². The zero-order valence-corrected chi connectivity index (χ0v) is 14.4. The van der Waals surface area contributed by atoms with Gasteiger partial charge in [-0.1, -0.05) is 13.8 Å². The third kappa shape index (κ3) is 3.09. The Morgan fingerprint density at radius 3 is 2.96 bits per heavy atom. The van der Waals surface area contributed by atoms with Crippen molar-refractivity contribution in [3.05, 3.63) is 41.1 Å². The minimum absolute atomic E-state index is 0.0951. The molecule has 1 atom stereocenters. The normalized spacial score (nSPS) is 16.0. The summed E-state index contributed by atoms with van der Waals surface area (Å²) < 4.78 is 16.5. The van der Waals surface area contributed by atoms with Crippen molar-refractivity contribution in [2.24, 2.45) is 0 Å². The number of ether oxygens (including phenoxy) is 2. The molecule has 0 saturated carbocycles. The number of carbonyl (C=O) groups excluding carboxylic acids is 1. The largest absolute Gasteiger partial charge is 0.496 e. The van der Waals surface area contributed by atoms with Crippen molar-refractivity contribution < 1.29 is 18.7 Å². The monoisotopic (exact) mass is 330 g/mol. The van der Waals surface area contributed by atoms with Gasteiger partial charge in [0.25, 0.3) is 5.91 Å². The molecule has 3 rings (SSSR count). The maximum Gasteiger partial charge on any atom is 0.273 e. The van der Waals surface area contributed by atoms with E-state index in [1.165, 1.54) is 6.39 Å². The maximum absolute atomic E-state index is 12.4. The molecule has 24 heavy (non-hydrogen) atoms. The zero-order chi connectivity index (χ0) is 17.3. The Morgan fingerprint density at radius 1 is 1.46 bits per heavy atom. The summed E-state index contributed by atoms with van der Waals surface area (Å²) >= 11 is 0. The van der Waals surface area contributed by atoms with Crippen LogP contribution in [0.1, 0.15) is 54.1 Å². The quantitative estimate of drug-likeness (QED) is 0.912. The first-order chi connectivity index (χ1) is 11.5. The Bertz CT molecular complexity index is 751. The van der Waals surface area contributed by atoms with Gasteiger partial charge in [0.1, 0.15) is 23.4 Å². The molecule has 1 aliphatic heterocycles. The topological polar surface area (TPSA) is 73.6 Å². The van der Waals surface area contributed by atoms with Crippen LogP contribution in [0.3, 0.4) is 0 Å². The van der Waals surface area contributed by atoms with E-state index in [1.54, 1.807) is 7.11 Å². The van der Waals surface area contributed by atoms with Crippen LogP contribution in [0.5, 0.6) is 11.5 Å². The smallest absolute Gasteiger partial charge is 0.273 e. The summed E-state index contributed by atoms with van der Waals surface area (Å²) in [4.78, 5) is 16.4. The van der Waals surface area contributed by atoms with Gasteiger partial charge < -0.3 is 19.2 Å². The second kappa shape index (κ2) is 6.55. The number of oxazole rings is 1. The van der Waals surface area contributed by atoms with Crippen molar-refractivity contribution >= 4 is 5.91 Å². The summed E-state index contributed by atoms with van der Waals surface area (Å²) in [7, 11) is 1.63. The summed E-state index contributed by atoms with van der Waals surface area (Å²) in [6.45, 7) is 6.28. The van der Waals surface area contributed by atoms with Crippen LogP contribution >= 0.6 is 0 Å². The van der Waals surface area contributed by atoms with Crippen molar-refractivity contribution in [2.75, 3.05) is 7.11 Å². The Labute approximate surface area is 141 Å². The SMILES string of the molecule is COc1cc2c(cc1CNC(=O)c1ncoc1C(C)C)O[C@@H](C)C2. The van der Waals surface area contributed by atoms with Crippen LogP contribution in [0.25, 0.3) is 0 Å². The predicted molar refractivity (Wildman–Crippen MR) is 88.6 cm³/mol. The molecule has 1 N–H and O–H groups in total. The molecule has 1 aliphatic rings. The predicted octanol–water partition coefficient (Wildman–Crippen LogP) is 3.06. The van der Waals surface area contributed by atoms with Crippen molar-refractivity contribution in [1.29, 1.82) is 0 Å². The van der Waals surface area contributed by atoms with Crippen molar-refractivity contribution in [2.45, 2.75) is 45.8 Å². The summed E-state index contributed by atoms with van der Waals surface area (Å²) in [5, 5.41) is 2.88. The summed E-state index contributed by atoms with van der Waals surface area (Å²) in [5.41, 5.74) is 2.33. The van der Waals surface area contributed by atoms with Crippen LogP contribution in [-0.4, -0.2) is 24.1 Å². The number of fused-ring (bicyclic) bond motifs is 1. The Morgan fingerprint density at radius 2 is 2.25 bits per heavy atom. The number of hydrogen-bond donors (Lipinski definition) is 1. The van der Waals surface area contributed by atoms with Crippen molar-refractivity contribution in [1.82, 2.24) is 10.3 Å². The maximum atomic E-state index is 12.4. The van der Waals surface area contributed by atoms with E-state index in [4.69, 9.17) is 13.9 Å². The highest BCUT2D eigenvalue weighted by molar-refractivity contribution is 5.93. The van der Waals surface area contributed by atoms with Crippen molar-refractivity contribution in [3.63, 3.8) is 0 Å². The molecule has 0 fully saturated rings. The van der Waals surface area contributed by atoms with Gasteiger partial charge in [-0.2, -0.15) is 0 Å². The van der Waals surface area contributed by atoms with Crippen LogP contribution < -0.4 is 14.8 Å². The number of carbonyl (C=O) groups is 1. The fourth-order valence-electron chi connectivity index (χ4n) is 2.90. The van der Waals surface area contributed by atoms with Gasteiger partial charge >= 0.3 is 0 Å². The van der Waals surface area contributed by atoms with Gasteiger partial charge in [0.15, 0.2) is 12.1 Å². The number of nitrogens with one attached hydrogen (secondary N) is 1. The zero-order valence-electron chi connectivity index (χ0n) is 14.4. The Hall–Kier alpha value is -2.50. The van der Waals surface area contributed by atoms with E-state index < -0.39 is 0 Å². The first-order valence-corrected chi connectivity index (χ1v) is 8.07. The Balaban J connectivity index is 1.76. The number of aromatic nitrogens is 1. The Kier molecular flexibility index (Phi) is 4.46. The molecule has 0 radical (unpaired) electrons. The standard InChI is InChI=1S/C18H22N2O4/c1-10(2)17-16(20-9-23-17)18(21)19-8-13-7-15-12(5-11(3)24-15)6-14(13)22-4/h6-7,9-11H,5,8H2,1-4H3,(H,19,21)/t11-/m0/s1. The molecule has 6 nitrogen and oxygen atoms in total. The lowest BCUT2D eigenvalue weighted by Gasteiger charge is -2.12. The molecule has 1 amide bonds. The van der Waals surface area contributed by atoms with Gasteiger partial charge in [0.05, 0.1) is 7.11 Å². The number of hydrogen-bond acceptors (Lipinski definition) is 5. The highest BCUT2D eigenvalue weighted by Crippen LogP contribution is 2.35. The fourth-order valence-corrected chi connectivity index (χ4v) is 2.90. The fraction of sp³-hybridized carbons (Fsp3) is 0.444. The van der Waals surface area contributed by atoms with Crippen LogP contribution in [0.15, 0.2) is 22.9 Å². The van der Waals surface area contributed by atoms with Gasteiger partial charge in [0.2, 0.25) is 0 Å². The highest BCUT2D eigenvalue weighted by atomic mass is 16.5. The molecule has 0 saturated heterocycles. The molecule has 1 aromatic heterocycles. The molecular weight excluding hydrogens is 308 g/mol. The number of benzene rings is 1. The van der Waals surface area contributed by atoms with Crippen LogP contribution in [0.4, 0.5) is 0 Å². The third-order valence-electron chi connectivity index (χ3n) is 4.07. The van der Waals surface area contributed by atoms with E-state index in [0.29, 0.717) is 18.0 Å².